The van der Waals surface area contributed by atoms with Crippen molar-refractivity contribution in [1.82, 2.24) is 14.8 Å². The first kappa shape index (κ1) is 20.2. The zero-order valence-electron chi connectivity index (χ0n) is 15.2. The van der Waals surface area contributed by atoms with Gasteiger partial charge in [-0.2, -0.15) is 0 Å². The number of aromatic nitrogens is 3. The van der Waals surface area contributed by atoms with Crippen LogP contribution in [0.15, 0.2) is 53.7 Å². The van der Waals surface area contributed by atoms with E-state index in [1.54, 1.807) is 30.7 Å². The lowest BCUT2D eigenvalue weighted by atomic mass is 10.3. The van der Waals surface area contributed by atoms with Crippen molar-refractivity contribution in [1.29, 1.82) is 0 Å². The second kappa shape index (κ2) is 9.07. The molecular weight excluding hydrogens is 403 g/mol. The fraction of sp³-hybridized carbons (Fsp3) is 0.211. The highest BCUT2D eigenvalue weighted by Crippen LogP contribution is 2.25. The van der Waals surface area contributed by atoms with Crippen LogP contribution < -0.4 is 10.1 Å². The van der Waals surface area contributed by atoms with E-state index in [4.69, 9.17) is 16.3 Å². The molecule has 9 heteroatoms. The first-order chi connectivity index (χ1) is 13.4. The van der Waals surface area contributed by atoms with Crippen LogP contribution in [-0.2, 0) is 18.4 Å². The van der Waals surface area contributed by atoms with Crippen molar-refractivity contribution in [3.05, 3.63) is 65.2 Å². The maximum Gasteiger partial charge on any atom is 0.237 e. The average molecular weight is 421 g/mol. The molecule has 1 aromatic heterocycles. The van der Waals surface area contributed by atoms with Crippen LogP contribution >= 0.6 is 23.4 Å². The van der Waals surface area contributed by atoms with Crippen molar-refractivity contribution in [3.8, 4) is 5.75 Å². The Morgan fingerprint density at radius 1 is 1.25 bits per heavy atom. The fourth-order valence-corrected chi connectivity index (χ4v) is 3.29. The molecule has 1 heterocycles. The Kier molecular flexibility index (Phi) is 6.53. The number of hydrogen-bond acceptors (Lipinski definition) is 5. The molecule has 3 aromatic rings. The maximum atomic E-state index is 13.0. The van der Waals surface area contributed by atoms with E-state index in [0.29, 0.717) is 27.4 Å². The first-order valence-electron chi connectivity index (χ1n) is 8.42. The smallest absolute Gasteiger partial charge is 0.237 e. The van der Waals surface area contributed by atoms with Gasteiger partial charge >= 0.3 is 0 Å². The summed E-state index contributed by atoms with van der Waals surface area (Å²) < 4.78 is 20.4. The topological polar surface area (TPSA) is 69.0 Å². The molecule has 0 saturated carbocycles. The predicted octanol–water partition coefficient (Wildman–Crippen LogP) is 4.31. The van der Waals surface area contributed by atoms with E-state index >= 15 is 0 Å². The number of hydrogen-bond donors (Lipinski definition) is 1. The summed E-state index contributed by atoms with van der Waals surface area (Å²) in [5.41, 5.74) is 0.533. The fourth-order valence-electron chi connectivity index (χ4n) is 2.27. The molecule has 0 aliphatic rings. The number of benzene rings is 2. The second-order valence-electron chi connectivity index (χ2n) is 5.93. The number of ether oxygens (including phenoxy) is 1. The number of para-hydroxylation sites is 1. The number of carbonyl (C=O) groups excluding carboxylic acids is 1. The van der Waals surface area contributed by atoms with Gasteiger partial charge in [0.1, 0.15) is 18.2 Å². The van der Waals surface area contributed by atoms with Crippen molar-refractivity contribution >= 4 is 35.0 Å². The lowest BCUT2D eigenvalue weighted by Crippen LogP contribution is -2.22. The molecule has 0 radical (unpaired) electrons. The van der Waals surface area contributed by atoms with Gasteiger partial charge in [-0.3, -0.25) is 4.79 Å². The van der Waals surface area contributed by atoms with E-state index in [1.807, 2.05) is 12.1 Å². The molecule has 6 nitrogen and oxygen atoms in total. The van der Waals surface area contributed by atoms with E-state index in [1.165, 1.54) is 36.0 Å². The summed E-state index contributed by atoms with van der Waals surface area (Å²) in [5.74, 6) is 0.599. The van der Waals surface area contributed by atoms with Crippen LogP contribution in [0.5, 0.6) is 5.75 Å². The molecule has 0 aliphatic carbocycles. The molecular formula is C19H18ClFN4O2S. The Hall–Kier alpha value is -2.58. The van der Waals surface area contributed by atoms with E-state index in [9.17, 15) is 9.18 Å². The molecule has 0 bridgehead atoms. The lowest BCUT2D eigenvalue weighted by molar-refractivity contribution is -0.115. The summed E-state index contributed by atoms with van der Waals surface area (Å²) in [5, 5.41) is 11.7. The lowest BCUT2D eigenvalue weighted by Gasteiger charge is -2.12. The molecule has 146 valence electrons. The van der Waals surface area contributed by atoms with Gasteiger partial charge in [-0.1, -0.05) is 35.5 Å². The Morgan fingerprint density at radius 3 is 2.68 bits per heavy atom. The van der Waals surface area contributed by atoms with Crippen molar-refractivity contribution in [2.45, 2.75) is 23.9 Å². The Bertz CT molecular complexity index is 965. The second-order valence-corrected chi connectivity index (χ2v) is 7.65. The Morgan fingerprint density at radius 2 is 1.96 bits per heavy atom. The van der Waals surface area contributed by atoms with Gasteiger partial charge < -0.3 is 14.6 Å². The molecule has 0 unspecified atom stereocenters. The van der Waals surface area contributed by atoms with Crippen LogP contribution in [0.3, 0.4) is 0 Å². The van der Waals surface area contributed by atoms with Gasteiger partial charge in [0.05, 0.1) is 10.3 Å². The number of amides is 1. The SMILES string of the molecule is C[C@H](Sc1nnc(COc2ccccc2Cl)n1C)C(=O)Nc1ccc(F)cc1. The standard InChI is InChI=1S/C19H18ClFN4O2S/c1-12(18(26)22-14-9-7-13(21)8-10-14)28-19-24-23-17(25(19)2)11-27-16-6-4-3-5-15(16)20/h3-10,12H,11H2,1-2H3,(H,22,26)/t12-/m0/s1. The van der Waals surface area contributed by atoms with Crippen LogP contribution in [0.25, 0.3) is 0 Å². The molecule has 0 saturated heterocycles. The van der Waals surface area contributed by atoms with E-state index in [0.717, 1.165) is 0 Å². The number of anilines is 1. The highest BCUT2D eigenvalue weighted by atomic mass is 35.5. The molecule has 1 N–H and O–H groups in total. The normalized spacial score (nSPS) is 11.9. The van der Waals surface area contributed by atoms with Crippen molar-refractivity contribution < 1.29 is 13.9 Å². The van der Waals surface area contributed by atoms with Crippen molar-refractivity contribution in [3.63, 3.8) is 0 Å². The van der Waals surface area contributed by atoms with Gasteiger partial charge in [0, 0.05) is 12.7 Å². The molecule has 1 amide bonds. The monoisotopic (exact) mass is 420 g/mol. The predicted molar refractivity (Wildman–Crippen MR) is 107 cm³/mol. The number of nitrogens with one attached hydrogen (secondary N) is 1. The summed E-state index contributed by atoms with van der Waals surface area (Å²) >= 11 is 7.35. The molecule has 3 rings (SSSR count). The quantitative estimate of drug-likeness (QED) is 0.577. The number of halogens is 2. The minimum Gasteiger partial charge on any atom is -0.484 e. The van der Waals surface area contributed by atoms with Gasteiger partial charge in [-0.15, -0.1) is 10.2 Å². The summed E-state index contributed by atoms with van der Waals surface area (Å²) in [4.78, 5) is 12.3. The minimum atomic E-state index is -0.426. The Labute approximate surface area is 171 Å². The number of rotatable bonds is 7. The Balaban J connectivity index is 1.59. The summed E-state index contributed by atoms with van der Waals surface area (Å²) in [7, 11) is 1.80. The third kappa shape index (κ3) is 5.02. The maximum absolute atomic E-state index is 13.0. The summed E-state index contributed by atoms with van der Waals surface area (Å²) in [6.45, 7) is 1.96. The van der Waals surface area contributed by atoms with Gasteiger partial charge in [-0.25, -0.2) is 4.39 Å². The molecule has 1 atom stereocenters. The number of nitrogens with zero attached hydrogens (tertiary/aromatic N) is 3. The zero-order chi connectivity index (χ0) is 20.1. The summed E-state index contributed by atoms with van der Waals surface area (Å²) in [6.07, 6.45) is 0. The van der Waals surface area contributed by atoms with Gasteiger partial charge in [0.15, 0.2) is 11.0 Å². The van der Waals surface area contributed by atoms with Crippen molar-refractivity contribution in [2.24, 2.45) is 7.05 Å². The third-order valence-corrected chi connectivity index (χ3v) is 5.33. The van der Waals surface area contributed by atoms with Gasteiger partial charge in [-0.05, 0) is 43.3 Å². The molecule has 0 spiro atoms. The third-order valence-electron chi connectivity index (χ3n) is 3.88. The van der Waals surface area contributed by atoms with Crippen molar-refractivity contribution in [2.75, 3.05) is 5.32 Å². The molecule has 2 aromatic carbocycles. The molecule has 0 aliphatic heterocycles. The van der Waals surface area contributed by atoms with E-state index in [2.05, 4.69) is 15.5 Å². The average Bonchev–Trinajstić information content (AvgIpc) is 3.02. The summed E-state index contributed by atoms with van der Waals surface area (Å²) in [6, 6.07) is 12.8. The van der Waals surface area contributed by atoms with Crippen LogP contribution in [0, 0.1) is 5.82 Å². The highest BCUT2D eigenvalue weighted by Gasteiger charge is 2.19. The van der Waals surface area contributed by atoms with Crippen LogP contribution in [-0.4, -0.2) is 25.9 Å². The highest BCUT2D eigenvalue weighted by molar-refractivity contribution is 8.00. The number of thioether (sulfide) groups is 1. The van der Waals surface area contributed by atoms with Crippen LogP contribution in [0.2, 0.25) is 5.02 Å². The minimum absolute atomic E-state index is 0.198. The van der Waals surface area contributed by atoms with Gasteiger partial charge in [0.25, 0.3) is 0 Å². The van der Waals surface area contributed by atoms with Crippen LogP contribution in [0.1, 0.15) is 12.7 Å². The molecule has 0 fully saturated rings. The first-order valence-corrected chi connectivity index (χ1v) is 9.68. The molecule has 28 heavy (non-hydrogen) atoms. The largest absolute Gasteiger partial charge is 0.484 e. The van der Waals surface area contributed by atoms with Crippen LogP contribution in [0.4, 0.5) is 10.1 Å². The number of carbonyl (C=O) groups is 1. The van der Waals surface area contributed by atoms with E-state index in [-0.39, 0.29) is 18.3 Å². The van der Waals surface area contributed by atoms with E-state index < -0.39 is 5.25 Å². The van der Waals surface area contributed by atoms with Gasteiger partial charge in [0.2, 0.25) is 5.91 Å². The zero-order valence-corrected chi connectivity index (χ0v) is 16.8.